The van der Waals surface area contributed by atoms with Crippen LogP contribution in [0.15, 0.2) is 59.5 Å². The Morgan fingerprint density at radius 2 is 1.72 bits per heavy atom. The fraction of sp³-hybridized carbons (Fsp3) is 0.100. The number of rotatable bonds is 7. The van der Waals surface area contributed by atoms with Crippen molar-refractivity contribution in [2.45, 2.75) is 4.90 Å². The van der Waals surface area contributed by atoms with E-state index < -0.39 is 10.0 Å². The molecular formula is C20H17N5O5S2. The molecule has 2 heterocycles. The molecule has 0 fully saturated rings. The minimum absolute atomic E-state index is 0.0121. The molecule has 0 saturated carbocycles. The normalized spacial score (nSPS) is 11.2. The molecule has 0 saturated heterocycles. The quantitative estimate of drug-likeness (QED) is 0.420. The van der Waals surface area contributed by atoms with Crippen LogP contribution in [-0.2, 0) is 10.0 Å². The van der Waals surface area contributed by atoms with Gasteiger partial charge in [-0.2, -0.15) is 9.97 Å². The maximum Gasteiger partial charge on any atom is 0.321 e. The third-order valence-electron chi connectivity index (χ3n) is 4.22. The van der Waals surface area contributed by atoms with Crippen LogP contribution < -0.4 is 19.5 Å². The van der Waals surface area contributed by atoms with Crippen LogP contribution in [0.2, 0.25) is 0 Å². The van der Waals surface area contributed by atoms with E-state index in [0.717, 1.165) is 10.2 Å². The van der Waals surface area contributed by atoms with Crippen molar-refractivity contribution >= 4 is 49.0 Å². The van der Waals surface area contributed by atoms with E-state index in [-0.39, 0.29) is 28.5 Å². The number of hydrogen-bond acceptors (Lipinski definition) is 9. The fourth-order valence-electron chi connectivity index (χ4n) is 2.72. The third kappa shape index (κ3) is 4.60. The van der Waals surface area contributed by atoms with Crippen molar-refractivity contribution in [3.05, 3.63) is 59.6 Å². The van der Waals surface area contributed by atoms with Crippen molar-refractivity contribution in [2.75, 3.05) is 24.3 Å². The first-order valence-corrected chi connectivity index (χ1v) is 11.4. The highest BCUT2D eigenvalue weighted by Gasteiger charge is 2.18. The van der Waals surface area contributed by atoms with E-state index in [9.17, 15) is 13.2 Å². The summed E-state index contributed by atoms with van der Waals surface area (Å²) in [6, 6.07) is 14.4. The number of anilines is 2. The minimum Gasteiger partial charge on any atom is -0.481 e. The van der Waals surface area contributed by atoms with Gasteiger partial charge in [0.15, 0.2) is 10.8 Å². The van der Waals surface area contributed by atoms with E-state index in [2.05, 4.69) is 25.0 Å². The van der Waals surface area contributed by atoms with Crippen molar-refractivity contribution in [3.8, 4) is 11.9 Å². The molecule has 0 atom stereocenters. The van der Waals surface area contributed by atoms with Crippen LogP contribution >= 0.6 is 11.3 Å². The zero-order chi connectivity index (χ0) is 22.7. The Hall–Kier alpha value is -3.77. The Kier molecular flexibility index (Phi) is 5.88. The van der Waals surface area contributed by atoms with Gasteiger partial charge >= 0.3 is 6.01 Å². The van der Waals surface area contributed by atoms with Gasteiger partial charge in [0.2, 0.25) is 5.88 Å². The van der Waals surface area contributed by atoms with Gasteiger partial charge in [-0.1, -0.05) is 12.1 Å². The topological polar surface area (TPSA) is 132 Å². The summed E-state index contributed by atoms with van der Waals surface area (Å²) in [4.78, 5) is 24.7. The standard InChI is InChI=1S/C20H17N5O5S2/c1-29-17-11-16(23-20(24-17)30-2)25-32(27,28)13-9-7-12(8-10-13)21-18(26)19-22-14-5-3-4-6-15(14)31-19/h3-11H,1-2H3,(H,21,26)(H,23,24,25). The summed E-state index contributed by atoms with van der Waals surface area (Å²) >= 11 is 1.28. The molecule has 0 aliphatic heterocycles. The predicted octanol–water partition coefficient (Wildman–Crippen LogP) is 3.16. The maximum atomic E-state index is 12.7. The summed E-state index contributed by atoms with van der Waals surface area (Å²) in [5.74, 6) is -0.246. The van der Waals surface area contributed by atoms with E-state index in [0.29, 0.717) is 10.7 Å². The Labute approximate surface area is 187 Å². The van der Waals surface area contributed by atoms with Gasteiger partial charge in [0.1, 0.15) is 0 Å². The van der Waals surface area contributed by atoms with Gasteiger partial charge in [-0.25, -0.2) is 13.4 Å². The summed E-state index contributed by atoms with van der Waals surface area (Å²) in [5.41, 5.74) is 1.17. The van der Waals surface area contributed by atoms with Crippen molar-refractivity contribution < 1.29 is 22.7 Å². The van der Waals surface area contributed by atoms with Gasteiger partial charge in [-0.05, 0) is 36.4 Å². The number of nitrogens with zero attached hydrogens (tertiary/aromatic N) is 3. The number of nitrogens with one attached hydrogen (secondary N) is 2. The number of aromatic nitrogens is 3. The number of carbonyl (C=O) groups is 1. The smallest absolute Gasteiger partial charge is 0.321 e. The second-order valence-corrected chi connectivity index (χ2v) is 9.07. The lowest BCUT2D eigenvalue weighted by atomic mass is 10.3. The molecule has 12 heteroatoms. The summed E-state index contributed by atoms with van der Waals surface area (Å²) < 4.78 is 38.6. The van der Waals surface area contributed by atoms with Crippen LogP contribution in [0.25, 0.3) is 10.2 Å². The van der Waals surface area contributed by atoms with Crippen LogP contribution in [0.5, 0.6) is 11.9 Å². The monoisotopic (exact) mass is 471 g/mol. The first-order valence-electron chi connectivity index (χ1n) is 9.15. The average Bonchev–Trinajstić information content (AvgIpc) is 3.23. The number of hydrogen-bond donors (Lipinski definition) is 2. The molecule has 164 valence electrons. The van der Waals surface area contributed by atoms with E-state index in [1.807, 2.05) is 24.3 Å². The largest absolute Gasteiger partial charge is 0.481 e. The summed E-state index contributed by atoms with van der Waals surface area (Å²) in [6.07, 6.45) is 0. The number of methoxy groups -OCH3 is 2. The van der Waals surface area contributed by atoms with Gasteiger partial charge < -0.3 is 14.8 Å². The van der Waals surface area contributed by atoms with E-state index in [1.54, 1.807) is 0 Å². The van der Waals surface area contributed by atoms with Gasteiger partial charge in [0.25, 0.3) is 15.9 Å². The van der Waals surface area contributed by atoms with E-state index in [4.69, 9.17) is 9.47 Å². The number of amides is 1. The number of sulfonamides is 1. The predicted molar refractivity (Wildman–Crippen MR) is 120 cm³/mol. The second-order valence-electron chi connectivity index (χ2n) is 6.35. The zero-order valence-corrected chi connectivity index (χ0v) is 18.5. The Morgan fingerprint density at radius 3 is 2.41 bits per heavy atom. The minimum atomic E-state index is -3.95. The van der Waals surface area contributed by atoms with Gasteiger partial charge in [-0.15, -0.1) is 11.3 Å². The lowest BCUT2D eigenvalue weighted by Gasteiger charge is -2.10. The van der Waals surface area contributed by atoms with Crippen molar-refractivity contribution in [2.24, 2.45) is 0 Å². The highest BCUT2D eigenvalue weighted by Crippen LogP contribution is 2.24. The van der Waals surface area contributed by atoms with Gasteiger partial charge in [-0.3, -0.25) is 9.52 Å². The SMILES string of the molecule is COc1cc(NS(=O)(=O)c2ccc(NC(=O)c3nc4ccccc4s3)cc2)nc(OC)n1. The molecule has 0 radical (unpaired) electrons. The number of carbonyl (C=O) groups excluding carboxylic acids is 1. The molecule has 32 heavy (non-hydrogen) atoms. The Bertz CT molecular complexity index is 1330. The van der Waals surface area contributed by atoms with Crippen LogP contribution in [-0.4, -0.2) is 43.5 Å². The number of thiazole rings is 1. The summed E-state index contributed by atoms with van der Waals surface area (Å²) in [5, 5.41) is 3.03. The van der Waals surface area contributed by atoms with Crippen LogP contribution in [0.3, 0.4) is 0 Å². The highest BCUT2D eigenvalue weighted by molar-refractivity contribution is 7.92. The lowest BCUT2D eigenvalue weighted by molar-refractivity contribution is 0.102. The van der Waals surface area contributed by atoms with Crippen LogP contribution in [0, 0.1) is 0 Å². The average molecular weight is 472 g/mol. The zero-order valence-electron chi connectivity index (χ0n) is 16.9. The van der Waals surface area contributed by atoms with Crippen molar-refractivity contribution in [1.82, 2.24) is 15.0 Å². The number of ether oxygens (including phenoxy) is 2. The molecule has 0 bridgehead atoms. The van der Waals surface area contributed by atoms with Crippen LogP contribution in [0.4, 0.5) is 11.5 Å². The molecule has 2 aromatic heterocycles. The molecule has 1 amide bonds. The van der Waals surface area contributed by atoms with Gasteiger partial charge in [0.05, 0.1) is 29.3 Å². The molecule has 4 aromatic rings. The third-order valence-corrected chi connectivity index (χ3v) is 6.63. The summed E-state index contributed by atoms with van der Waals surface area (Å²) in [6.45, 7) is 0. The molecule has 2 N–H and O–H groups in total. The molecule has 10 nitrogen and oxygen atoms in total. The molecule has 0 aliphatic carbocycles. The molecule has 0 aliphatic rings. The summed E-state index contributed by atoms with van der Waals surface area (Å²) in [7, 11) is -1.21. The Balaban J connectivity index is 1.49. The first-order chi connectivity index (χ1) is 15.4. The fourth-order valence-corrected chi connectivity index (χ4v) is 4.57. The van der Waals surface area contributed by atoms with Crippen LogP contribution in [0.1, 0.15) is 9.80 Å². The number of para-hydroxylation sites is 1. The number of benzene rings is 2. The molecule has 0 unspecified atom stereocenters. The van der Waals surface area contributed by atoms with Gasteiger partial charge in [0, 0.05) is 11.8 Å². The van der Waals surface area contributed by atoms with Crippen molar-refractivity contribution in [3.63, 3.8) is 0 Å². The lowest BCUT2D eigenvalue weighted by Crippen LogP contribution is -2.15. The van der Waals surface area contributed by atoms with E-state index in [1.165, 1.54) is 55.9 Å². The van der Waals surface area contributed by atoms with E-state index >= 15 is 0 Å². The van der Waals surface area contributed by atoms with Crippen molar-refractivity contribution in [1.29, 1.82) is 0 Å². The molecule has 2 aromatic carbocycles. The molecule has 4 rings (SSSR count). The molecular weight excluding hydrogens is 454 g/mol. The Morgan fingerprint density at radius 1 is 0.969 bits per heavy atom. The first kappa shape index (κ1) is 21.5. The maximum absolute atomic E-state index is 12.7. The number of fused-ring (bicyclic) bond motifs is 1. The molecule has 0 spiro atoms. The second kappa shape index (κ2) is 8.77. The highest BCUT2D eigenvalue weighted by atomic mass is 32.2.